The lowest BCUT2D eigenvalue weighted by molar-refractivity contribution is 0.252. The molecule has 0 aliphatic carbocycles. The van der Waals surface area contributed by atoms with Crippen molar-refractivity contribution in [1.29, 1.82) is 0 Å². The van der Waals surface area contributed by atoms with Gasteiger partial charge in [-0.05, 0) is 50.2 Å². The molecule has 0 saturated heterocycles. The van der Waals surface area contributed by atoms with Crippen molar-refractivity contribution in [3.8, 4) is 5.69 Å². The Morgan fingerprint density at radius 3 is 2.62 bits per heavy atom. The van der Waals surface area contributed by atoms with Crippen LogP contribution in [0.15, 0.2) is 65.6 Å². The van der Waals surface area contributed by atoms with Crippen molar-refractivity contribution in [1.82, 2.24) is 15.1 Å². The topological polar surface area (TPSA) is 59.0 Å². The van der Waals surface area contributed by atoms with Crippen molar-refractivity contribution in [2.75, 3.05) is 17.6 Å². The number of aromatic nitrogens is 2. The van der Waals surface area contributed by atoms with E-state index in [0.29, 0.717) is 6.54 Å². The van der Waals surface area contributed by atoms with Gasteiger partial charge in [-0.25, -0.2) is 9.48 Å². The summed E-state index contributed by atoms with van der Waals surface area (Å²) >= 11 is 1.72. The van der Waals surface area contributed by atoms with Crippen LogP contribution in [0.1, 0.15) is 11.4 Å². The molecule has 6 heteroatoms. The smallest absolute Gasteiger partial charge is 0.319 e. The fourth-order valence-electron chi connectivity index (χ4n) is 2.63. The van der Waals surface area contributed by atoms with Crippen LogP contribution in [0.25, 0.3) is 5.69 Å². The van der Waals surface area contributed by atoms with E-state index in [4.69, 9.17) is 0 Å². The first-order chi connectivity index (χ1) is 12.6. The van der Waals surface area contributed by atoms with Crippen LogP contribution >= 0.6 is 11.8 Å². The molecule has 0 unspecified atom stereocenters. The standard InChI is InChI=1S/C20H22N4OS/c1-15-13-16(2)24(23-15)18-8-6-7-17(14-18)22-20(25)21-11-12-26-19-9-4-3-5-10-19/h3-10,13-14H,11-12H2,1-2H3,(H2,21,22,25). The number of hydrogen-bond acceptors (Lipinski definition) is 3. The maximum Gasteiger partial charge on any atom is 0.319 e. The normalized spacial score (nSPS) is 10.5. The van der Waals surface area contributed by atoms with Gasteiger partial charge in [-0.3, -0.25) is 0 Å². The zero-order chi connectivity index (χ0) is 18.4. The lowest BCUT2D eigenvalue weighted by Gasteiger charge is -2.10. The minimum Gasteiger partial charge on any atom is -0.337 e. The molecule has 0 spiro atoms. The lowest BCUT2D eigenvalue weighted by atomic mass is 10.2. The molecule has 0 aliphatic heterocycles. The first-order valence-electron chi connectivity index (χ1n) is 8.48. The SMILES string of the molecule is Cc1cc(C)n(-c2cccc(NC(=O)NCCSc3ccccc3)c2)n1. The number of urea groups is 1. The zero-order valence-electron chi connectivity index (χ0n) is 14.9. The summed E-state index contributed by atoms with van der Waals surface area (Å²) in [5, 5.41) is 10.2. The average Bonchev–Trinajstić information content (AvgIpc) is 2.98. The molecular weight excluding hydrogens is 344 g/mol. The van der Waals surface area contributed by atoms with Crippen molar-refractivity contribution in [2.45, 2.75) is 18.7 Å². The van der Waals surface area contributed by atoms with E-state index < -0.39 is 0 Å². The summed E-state index contributed by atoms with van der Waals surface area (Å²) < 4.78 is 1.87. The van der Waals surface area contributed by atoms with Gasteiger partial charge in [-0.1, -0.05) is 24.3 Å². The molecule has 0 aliphatic rings. The van der Waals surface area contributed by atoms with Gasteiger partial charge in [0.25, 0.3) is 0 Å². The molecule has 0 atom stereocenters. The third-order valence-corrected chi connectivity index (χ3v) is 4.77. The monoisotopic (exact) mass is 366 g/mol. The van der Waals surface area contributed by atoms with Crippen molar-refractivity contribution >= 4 is 23.5 Å². The molecule has 1 aromatic heterocycles. The molecule has 0 radical (unpaired) electrons. The van der Waals surface area contributed by atoms with E-state index in [0.717, 1.165) is 28.5 Å². The van der Waals surface area contributed by atoms with Gasteiger partial charge in [0.2, 0.25) is 0 Å². The summed E-state index contributed by atoms with van der Waals surface area (Å²) in [6.45, 7) is 4.58. The number of aryl methyl sites for hydroxylation is 2. The second-order valence-electron chi connectivity index (χ2n) is 5.93. The lowest BCUT2D eigenvalue weighted by Crippen LogP contribution is -2.30. The fourth-order valence-corrected chi connectivity index (χ4v) is 3.42. The molecular formula is C20H22N4OS. The van der Waals surface area contributed by atoms with Gasteiger partial charge in [0, 0.05) is 28.6 Å². The number of carbonyl (C=O) groups is 1. The Balaban J connectivity index is 1.51. The van der Waals surface area contributed by atoms with E-state index >= 15 is 0 Å². The number of amides is 2. The largest absolute Gasteiger partial charge is 0.337 e. The van der Waals surface area contributed by atoms with Crippen LogP contribution in [-0.2, 0) is 0 Å². The number of hydrogen-bond donors (Lipinski definition) is 2. The summed E-state index contributed by atoms with van der Waals surface area (Å²) in [5.74, 6) is 0.823. The van der Waals surface area contributed by atoms with Crippen molar-refractivity contribution in [2.24, 2.45) is 0 Å². The Bertz CT molecular complexity index is 877. The summed E-state index contributed by atoms with van der Waals surface area (Å²) in [6, 6.07) is 19.6. The first-order valence-corrected chi connectivity index (χ1v) is 9.47. The third-order valence-electron chi connectivity index (χ3n) is 3.76. The second-order valence-corrected chi connectivity index (χ2v) is 7.10. The summed E-state index contributed by atoms with van der Waals surface area (Å²) in [6.07, 6.45) is 0. The Morgan fingerprint density at radius 2 is 1.88 bits per heavy atom. The van der Waals surface area contributed by atoms with Gasteiger partial charge in [-0.2, -0.15) is 5.10 Å². The number of rotatable bonds is 6. The van der Waals surface area contributed by atoms with Crippen LogP contribution in [-0.4, -0.2) is 28.1 Å². The Kier molecular flexibility index (Phi) is 5.96. The second kappa shape index (κ2) is 8.58. The molecule has 26 heavy (non-hydrogen) atoms. The van der Waals surface area contributed by atoms with Crippen LogP contribution in [0.4, 0.5) is 10.5 Å². The maximum atomic E-state index is 12.1. The van der Waals surface area contributed by atoms with Crippen LogP contribution in [0, 0.1) is 13.8 Å². The minimum absolute atomic E-state index is 0.204. The van der Waals surface area contributed by atoms with Crippen LogP contribution in [0.5, 0.6) is 0 Å². The van der Waals surface area contributed by atoms with E-state index in [1.165, 1.54) is 4.90 Å². The van der Waals surface area contributed by atoms with Gasteiger partial charge in [0.15, 0.2) is 0 Å². The van der Waals surface area contributed by atoms with Gasteiger partial charge < -0.3 is 10.6 Å². The Morgan fingerprint density at radius 1 is 1.08 bits per heavy atom. The van der Waals surface area contributed by atoms with Crippen molar-refractivity contribution in [3.63, 3.8) is 0 Å². The summed E-state index contributed by atoms with van der Waals surface area (Å²) in [5.41, 5.74) is 3.69. The van der Waals surface area contributed by atoms with E-state index in [1.807, 2.05) is 67.1 Å². The van der Waals surface area contributed by atoms with Gasteiger partial charge in [0.05, 0.1) is 11.4 Å². The predicted molar refractivity (Wildman–Crippen MR) is 107 cm³/mol. The highest BCUT2D eigenvalue weighted by atomic mass is 32.2. The zero-order valence-corrected chi connectivity index (χ0v) is 15.7. The van der Waals surface area contributed by atoms with Crippen molar-refractivity contribution < 1.29 is 4.79 Å². The van der Waals surface area contributed by atoms with E-state index in [9.17, 15) is 4.79 Å². The third kappa shape index (κ3) is 4.89. The molecule has 134 valence electrons. The quantitative estimate of drug-likeness (QED) is 0.502. The van der Waals surface area contributed by atoms with E-state index in [2.05, 4.69) is 27.9 Å². The number of thioether (sulfide) groups is 1. The summed E-state index contributed by atoms with van der Waals surface area (Å²) in [7, 11) is 0. The maximum absolute atomic E-state index is 12.1. The van der Waals surface area contributed by atoms with Crippen LogP contribution in [0.3, 0.4) is 0 Å². The predicted octanol–water partition coefficient (Wildman–Crippen LogP) is 4.40. The fraction of sp³-hybridized carbons (Fsp3) is 0.200. The molecule has 0 bridgehead atoms. The summed E-state index contributed by atoms with van der Waals surface area (Å²) in [4.78, 5) is 13.3. The molecule has 3 rings (SSSR count). The highest BCUT2D eigenvalue weighted by Crippen LogP contribution is 2.17. The van der Waals surface area contributed by atoms with Gasteiger partial charge in [-0.15, -0.1) is 11.8 Å². The minimum atomic E-state index is -0.204. The molecule has 2 aromatic carbocycles. The van der Waals surface area contributed by atoms with Crippen LogP contribution in [0.2, 0.25) is 0 Å². The van der Waals surface area contributed by atoms with Gasteiger partial charge in [0.1, 0.15) is 0 Å². The number of anilines is 1. The molecule has 5 nitrogen and oxygen atoms in total. The van der Waals surface area contributed by atoms with Crippen LogP contribution < -0.4 is 10.6 Å². The average molecular weight is 366 g/mol. The van der Waals surface area contributed by atoms with Gasteiger partial charge >= 0.3 is 6.03 Å². The Labute approximate surface area is 157 Å². The highest BCUT2D eigenvalue weighted by molar-refractivity contribution is 7.99. The number of nitrogens with one attached hydrogen (secondary N) is 2. The number of nitrogens with zero attached hydrogens (tertiary/aromatic N) is 2. The van der Waals surface area contributed by atoms with E-state index in [-0.39, 0.29) is 6.03 Å². The number of carbonyl (C=O) groups excluding carboxylic acids is 1. The van der Waals surface area contributed by atoms with Crippen molar-refractivity contribution in [3.05, 3.63) is 72.1 Å². The van der Waals surface area contributed by atoms with E-state index in [1.54, 1.807) is 11.8 Å². The highest BCUT2D eigenvalue weighted by Gasteiger charge is 2.06. The molecule has 2 amide bonds. The molecule has 0 fully saturated rings. The number of benzene rings is 2. The Hall–Kier alpha value is -2.73. The molecule has 3 aromatic rings. The molecule has 1 heterocycles. The molecule has 0 saturated carbocycles. The molecule has 2 N–H and O–H groups in total. The first kappa shape index (κ1) is 18.1.